The average Bonchev–Trinajstić information content (AvgIpc) is 2.40. The molecule has 1 aliphatic carbocycles. The van der Waals surface area contributed by atoms with Crippen molar-refractivity contribution in [3.63, 3.8) is 0 Å². The number of carboxylic acid groups (broad SMARTS) is 1. The summed E-state index contributed by atoms with van der Waals surface area (Å²) in [6.07, 6.45) is 4.75. The number of carboxylic acids is 1. The predicted molar refractivity (Wildman–Crippen MR) is 69.6 cm³/mol. The SMILES string of the molecule is CC1CN(C(=O)[C@@H]2CC=CC[C@@H]2C(=O)O)C(C)CO1. The van der Waals surface area contributed by atoms with Gasteiger partial charge >= 0.3 is 5.97 Å². The first-order chi connectivity index (χ1) is 9.00. The van der Waals surface area contributed by atoms with E-state index in [1.807, 2.05) is 26.0 Å². The molecule has 0 bridgehead atoms. The third-order valence-corrected chi connectivity index (χ3v) is 3.96. The molecule has 19 heavy (non-hydrogen) atoms. The number of morpholine rings is 1. The number of ether oxygens (including phenoxy) is 1. The number of amides is 1. The standard InChI is InChI=1S/C14H21NO4/c1-9-8-19-10(2)7-15(9)13(16)11-5-3-4-6-12(11)14(17)18/h3-4,9-12H,5-8H2,1-2H3,(H,17,18)/t9?,10?,11-,12+/m1/s1. The van der Waals surface area contributed by atoms with Crippen molar-refractivity contribution in [1.82, 2.24) is 4.90 Å². The molecule has 5 heteroatoms. The number of allylic oxidation sites excluding steroid dienone is 2. The normalized spacial score (nSPS) is 35.2. The van der Waals surface area contributed by atoms with Gasteiger partial charge in [0.25, 0.3) is 0 Å². The van der Waals surface area contributed by atoms with Crippen molar-refractivity contribution in [2.45, 2.75) is 38.8 Å². The van der Waals surface area contributed by atoms with Crippen LogP contribution in [0.4, 0.5) is 0 Å². The van der Waals surface area contributed by atoms with Crippen LogP contribution in [0.1, 0.15) is 26.7 Å². The van der Waals surface area contributed by atoms with E-state index in [1.54, 1.807) is 4.90 Å². The predicted octanol–water partition coefficient (Wildman–Crippen LogP) is 1.29. The molecule has 0 spiro atoms. The molecular formula is C14H21NO4. The summed E-state index contributed by atoms with van der Waals surface area (Å²) < 4.78 is 5.51. The lowest BCUT2D eigenvalue weighted by molar-refractivity contribution is -0.156. The summed E-state index contributed by atoms with van der Waals surface area (Å²) in [6.45, 7) is 4.94. The summed E-state index contributed by atoms with van der Waals surface area (Å²) in [4.78, 5) is 25.7. The Kier molecular flexibility index (Phi) is 4.24. The highest BCUT2D eigenvalue weighted by Gasteiger charge is 2.39. The molecule has 0 aromatic heterocycles. The molecule has 1 amide bonds. The van der Waals surface area contributed by atoms with E-state index in [2.05, 4.69) is 0 Å². The average molecular weight is 267 g/mol. The van der Waals surface area contributed by atoms with E-state index >= 15 is 0 Å². The first-order valence-corrected chi connectivity index (χ1v) is 6.80. The fourth-order valence-electron chi connectivity index (χ4n) is 2.78. The summed E-state index contributed by atoms with van der Waals surface area (Å²) in [5.74, 6) is -1.95. The van der Waals surface area contributed by atoms with Crippen molar-refractivity contribution < 1.29 is 19.4 Å². The minimum atomic E-state index is -0.878. The van der Waals surface area contributed by atoms with E-state index in [9.17, 15) is 14.7 Å². The van der Waals surface area contributed by atoms with E-state index in [1.165, 1.54) is 0 Å². The minimum Gasteiger partial charge on any atom is -0.481 e. The maximum atomic E-state index is 12.6. The third-order valence-electron chi connectivity index (χ3n) is 3.96. The van der Waals surface area contributed by atoms with E-state index in [4.69, 9.17) is 4.74 Å². The van der Waals surface area contributed by atoms with Crippen molar-refractivity contribution in [1.29, 1.82) is 0 Å². The number of aliphatic carboxylic acids is 1. The van der Waals surface area contributed by atoms with Gasteiger partial charge in [0, 0.05) is 6.54 Å². The molecule has 0 radical (unpaired) electrons. The molecule has 2 rings (SSSR count). The van der Waals surface area contributed by atoms with Crippen LogP contribution in [0.25, 0.3) is 0 Å². The second-order valence-corrected chi connectivity index (χ2v) is 5.48. The zero-order valence-electron chi connectivity index (χ0n) is 11.4. The van der Waals surface area contributed by atoms with Gasteiger partial charge in [-0.3, -0.25) is 9.59 Å². The minimum absolute atomic E-state index is 0.0163. The van der Waals surface area contributed by atoms with E-state index < -0.39 is 17.8 Å². The van der Waals surface area contributed by atoms with Gasteiger partial charge in [0.2, 0.25) is 5.91 Å². The molecule has 2 aliphatic rings. The first-order valence-electron chi connectivity index (χ1n) is 6.80. The number of hydrogen-bond donors (Lipinski definition) is 1. The van der Waals surface area contributed by atoms with E-state index in [-0.39, 0.29) is 18.1 Å². The highest BCUT2D eigenvalue weighted by molar-refractivity contribution is 5.85. The number of rotatable bonds is 2. The largest absolute Gasteiger partial charge is 0.481 e. The van der Waals surface area contributed by atoms with Crippen molar-refractivity contribution in [3.8, 4) is 0 Å². The monoisotopic (exact) mass is 267 g/mol. The lowest BCUT2D eigenvalue weighted by atomic mass is 9.81. The van der Waals surface area contributed by atoms with Crippen molar-refractivity contribution in [2.75, 3.05) is 13.2 Å². The lowest BCUT2D eigenvalue weighted by Gasteiger charge is -2.40. The molecule has 0 aromatic carbocycles. The molecule has 1 aliphatic heterocycles. The number of nitrogens with zero attached hydrogens (tertiary/aromatic N) is 1. The lowest BCUT2D eigenvalue weighted by Crippen LogP contribution is -2.53. The van der Waals surface area contributed by atoms with Crippen LogP contribution >= 0.6 is 0 Å². The maximum Gasteiger partial charge on any atom is 0.307 e. The van der Waals surface area contributed by atoms with E-state index in [0.29, 0.717) is 26.0 Å². The molecule has 4 atom stereocenters. The Labute approximate surface area is 113 Å². The molecule has 2 unspecified atom stereocenters. The summed E-state index contributed by atoms with van der Waals surface area (Å²) in [7, 11) is 0. The van der Waals surface area contributed by atoms with Crippen LogP contribution in [-0.4, -0.2) is 47.2 Å². The second-order valence-electron chi connectivity index (χ2n) is 5.48. The fourth-order valence-corrected chi connectivity index (χ4v) is 2.78. The van der Waals surface area contributed by atoms with E-state index in [0.717, 1.165) is 0 Å². The van der Waals surface area contributed by atoms with Gasteiger partial charge in [-0.25, -0.2) is 0 Å². The Balaban J connectivity index is 2.12. The topological polar surface area (TPSA) is 66.8 Å². The summed E-state index contributed by atoms with van der Waals surface area (Å²) in [5.41, 5.74) is 0. The third kappa shape index (κ3) is 2.97. The zero-order valence-corrected chi connectivity index (χ0v) is 11.4. The zero-order chi connectivity index (χ0) is 14.0. The Bertz CT molecular complexity index is 393. The molecule has 1 saturated heterocycles. The Morgan fingerprint density at radius 3 is 2.47 bits per heavy atom. The van der Waals surface area contributed by atoms with Gasteiger partial charge in [0.1, 0.15) is 0 Å². The smallest absolute Gasteiger partial charge is 0.307 e. The molecule has 0 aromatic rings. The van der Waals surface area contributed by atoms with Crippen LogP contribution in [0.2, 0.25) is 0 Å². The van der Waals surface area contributed by atoms with Gasteiger partial charge in [-0.1, -0.05) is 12.2 Å². The molecule has 1 heterocycles. The fraction of sp³-hybridized carbons (Fsp3) is 0.714. The Morgan fingerprint density at radius 1 is 1.21 bits per heavy atom. The Morgan fingerprint density at radius 2 is 1.84 bits per heavy atom. The molecule has 1 N–H and O–H groups in total. The Hall–Kier alpha value is -1.36. The molecule has 0 saturated carbocycles. The number of carbonyl (C=O) groups is 2. The highest BCUT2D eigenvalue weighted by Crippen LogP contribution is 2.29. The van der Waals surface area contributed by atoms with Crippen molar-refractivity contribution in [2.24, 2.45) is 11.8 Å². The summed E-state index contributed by atoms with van der Waals surface area (Å²) in [6, 6.07) is 0.0176. The van der Waals surface area contributed by atoms with Crippen LogP contribution < -0.4 is 0 Å². The van der Waals surface area contributed by atoms with Gasteiger partial charge in [-0.2, -0.15) is 0 Å². The summed E-state index contributed by atoms with van der Waals surface area (Å²) in [5, 5.41) is 9.24. The number of hydrogen-bond acceptors (Lipinski definition) is 3. The van der Waals surface area contributed by atoms with Crippen LogP contribution in [-0.2, 0) is 14.3 Å². The first kappa shape index (κ1) is 14.1. The van der Waals surface area contributed by atoms with Crippen molar-refractivity contribution in [3.05, 3.63) is 12.2 Å². The second kappa shape index (κ2) is 5.74. The molecule has 106 valence electrons. The van der Waals surface area contributed by atoms with Crippen LogP contribution in [0.3, 0.4) is 0 Å². The van der Waals surface area contributed by atoms with Gasteiger partial charge in [0.05, 0.1) is 30.6 Å². The van der Waals surface area contributed by atoms with Crippen molar-refractivity contribution >= 4 is 11.9 Å². The number of carbonyl (C=O) groups excluding carboxylic acids is 1. The van der Waals surface area contributed by atoms with Crippen LogP contribution in [0.15, 0.2) is 12.2 Å². The van der Waals surface area contributed by atoms with Crippen LogP contribution in [0, 0.1) is 11.8 Å². The van der Waals surface area contributed by atoms with Gasteiger partial charge in [-0.15, -0.1) is 0 Å². The maximum absolute atomic E-state index is 12.6. The van der Waals surface area contributed by atoms with Gasteiger partial charge < -0.3 is 14.7 Å². The molecule has 1 fully saturated rings. The van der Waals surface area contributed by atoms with Crippen LogP contribution in [0.5, 0.6) is 0 Å². The molecule has 5 nitrogen and oxygen atoms in total. The quantitative estimate of drug-likeness (QED) is 0.766. The highest BCUT2D eigenvalue weighted by atomic mass is 16.5. The summed E-state index contributed by atoms with van der Waals surface area (Å²) >= 11 is 0. The van der Waals surface area contributed by atoms with Gasteiger partial charge in [-0.05, 0) is 26.7 Å². The molecular weight excluding hydrogens is 246 g/mol. The van der Waals surface area contributed by atoms with Gasteiger partial charge in [0.15, 0.2) is 0 Å².